The Morgan fingerprint density at radius 2 is 2.12 bits per heavy atom. The van der Waals surface area contributed by atoms with Gasteiger partial charge in [0.25, 0.3) is 0 Å². The van der Waals surface area contributed by atoms with Crippen molar-refractivity contribution in [3.63, 3.8) is 0 Å². The first-order chi connectivity index (χ1) is 8.20. The van der Waals surface area contributed by atoms with Gasteiger partial charge in [0.15, 0.2) is 0 Å². The minimum Gasteiger partial charge on any atom is -0.312 e. The van der Waals surface area contributed by atoms with Crippen molar-refractivity contribution in [3.05, 3.63) is 33.8 Å². The van der Waals surface area contributed by atoms with Gasteiger partial charge in [-0.1, -0.05) is 28.1 Å². The Bertz CT molecular complexity index is 419. The molecule has 1 aromatic carbocycles. The number of halogens is 1. The minimum atomic E-state index is 0.710. The zero-order valence-electron chi connectivity index (χ0n) is 10.4. The number of hydrogen-bond acceptors (Lipinski definition) is 1. The van der Waals surface area contributed by atoms with E-state index in [0.717, 1.165) is 12.5 Å². The van der Waals surface area contributed by atoms with Gasteiger partial charge in [-0.25, -0.2) is 0 Å². The maximum atomic E-state index is 3.65. The van der Waals surface area contributed by atoms with Gasteiger partial charge in [-0.15, -0.1) is 0 Å². The maximum absolute atomic E-state index is 3.65. The van der Waals surface area contributed by atoms with E-state index in [-0.39, 0.29) is 0 Å². The summed E-state index contributed by atoms with van der Waals surface area (Å²) < 4.78 is 1.22. The lowest BCUT2D eigenvalue weighted by atomic mass is 10.0. The molecular formula is C15H20BrN. The molecule has 0 unspecified atom stereocenters. The molecule has 2 heteroatoms. The topological polar surface area (TPSA) is 12.0 Å². The summed E-state index contributed by atoms with van der Waals surface area (Å²) in [6.07, 6.45) is 5.89. The number of aryl methyl sites for hydroxylation is 1. The number of nitrogens with one attached hydrogen (secondary N) is 1. The Kier molecular flexibility index (Phi) is 3.04. The van der Waals surface area contributed by atoms with Crippen LogP contribution in [0.1, 0.15) is 36.8 Å². The highest BCUT2D eigenvalue weighted by Gasteiger charge is 2.53. The van der Waals surface area contributed by atoms with E-state index in [2.05, 4.69) is 46.4 Å². The summed E-state index contributed by atoms with van der Waals surface area (Å²) in [6.45, 7) is 4.37. The lowest BCUT2D eigenvalue weighted by molar-refractivity contribution is 0.403. The van der Waals surface area contributed by atoms with Crippen molar-refractivity contribution in [1.29, 1.82) is 0 Å². The molecule has 0 aromatic heterocycles. The van der Waals surface area contributed by atoms with E-state index in [0.29, 0.717) is 5.41 Å². The first-order valence-electron chi connectivity index (χ1n) is 6.65. The summed E-state index contributed by atoms with van der Waals surface area (Å²) in [5.41, 5.74) is 3.40. The molecule has 1 nitrogen and oxygen atoms in total. The Morgan fingerprint density at radius 3 is 2.71 bits per heavy atom. The molecule has 2 aliphatic carbocycles. The van der Waals surface area contributed by atoms with Gasteiger partial charge in [0.05, 0.1) is 0 Å². The summed E-state index contributed by atoms with van der Waals surface area (Å²) in [4.78, 5) is 0. The predicted octanol–water partition coefficient (Wildman–Crippen LogP) is 4.04. The van der Waals surface area contributed by atoms with Gasteiger partial charge in [-0.05, 0) is 61.1 Å². The third kappa shape index (κ3) is 2.58. The van der Waals surface area contributed by atoms with Crippen molar-refractivity contribution in [2.24, 2.45) is 11.3 Å². The molecule has 0 radical (unpaired) electrons. The molecule has 2 aliphatic rings. The molecule has 92 valence electrons. The van der Waals surface area contributed by atoms with Gasteiger partial charge in [0, 0.05) is 17.6 Å². The van der Waals surface area contributed by atoms with Crippen molar-refractivity contribution < 1.29 is 0 Å². The third-order valence-corrected chi connectivity index (χ3v) is 5.23. The summed E-state index contributed by atoms with van der Waals surface area (Å²) in [6, 6.07) is 6.65. The van der Waals surface area contributed by atoms with Gasteiger partial charge in [0.2, 0.25) is 0 Å². The van der Waals surface area contributed by atoms with Crippen LogP contribution in [0.15, 0.2) is 22.7 Å². The zero-order valence-corrected chi connectivity index (χ0v) is 12.0. The standard InChI is InChI=1S/C15H20BrN/c1-11-2-3-12(8-14(11)16)9-17-10-15(6-7-15)13-4-5-13/h2-3,8,13,17H,4-7,9-10H2,1H3. The van der Waals surface area contributed by atoms with Crippen LogP contribution in [-0.4, -0.2) is 6.54 Å². The highest BCUT2D eigenvalue weighted by Crippen LogP contribution is 2.60. The van der Waals surface area contributed by atoms with Crippen LogP contribution >= 0.6 is 15.9 Å². The highest BCUT2D eigenvalue weighted by molar-refractivity contribution is 9.10. The van der Waals surface area contributed by atoms with Crippen LogP contribution in [0.2, 0.25) is 0 Å². The zero-order chi connectivity index (χ0) is 11.9. The van der Waals surface area contributed by atoms with Crippen molar-refractivity contribution in [1.82, 2.24) is 5.32 Å². The van der Waals surface area contributed by atoms with Crippen LogP contribution in [-0.2, 0) is 6.54 Å². The normalized spacial score (nSPS) is 21.5. The molecule has 1 aromatic rings. The molecule has 0 spiro atoms. The van der Waals surface area contributed by atoms with E-state index in [9.17, 15) is 0 Å². The predicted molar refractivity (Wildman–Crippen MR) is 75.0 cm³/mol. The molecular weight excluding hydrogens is 274 g/mol. The maximum Gasteiger partial charge on any atom is 0.0207 e. The molecule has 0 amide bonds. The second-order valence-corrected chi connectivity index (χ2v) is 6.68. The smallest absolute Gasteiger partial charge is 0.0207 e. The van der Waals surface area contributed by atoms with Crippen LogP contribution in [0.3, 0.4) is 0 Å². The van der Waals surface area contributed by atoms with Gasteiger partial charge >= 0.3 is 0 Å². The summed E-state index contributed by atoms with van der Waals surface area (Å²) in [7, 11) is 0. The first kappa shape index (κ1) is 11.7. The highest BCUT2D eigenvalue weighted by atomic mass is 79.9. The van der Waals surface area contributed by atoms with Gasteiger partial charge in [-0.2, -0.15) is 0 Å². The molecule has 17 heavy (non-hydrogen) atoms. The molecule has 0 heterocycles. The second-order valence-electron chi connectivity index (χ2n) is 5.82. The average Bonchev–Trinajstić information content (AvgIpc) is 3.14. The van der Waals surface area contributed by atoms with Gasteiger partial charge < -0.3 is 5.32 Å². The molecule has 1 N–H and O–H groups in total. The second kappa shape index (κ2) is 4.40. The molecule has 0 bridgehead atoms. The summed E-state index contributed by atoms with van der Waals surface area (Å²) >= 11 is 3.60. The van der Waals surface area contributed by atoms with E-state index in [1.807, 2.05) is 0 Å². The van der Waals surface area contributed by atoms with Crippen molar-refractivity contribution >= 4 is 15.9 Å². The fourth-order valence-electron chi connectivity index (χ4n) is 2.79. The first-order valence-corrected chi connectivity index (χ1v) is 7.45. The van der Waals surface area contributed by atoms with E-state index < -0.39 is 0 Å². The molecule has 0 atom stereocenters. The van der Waals surface area contributed by atoms with E-state index in [1.54, 1.807) is 0 Å². The lowest BCUT2D eigenvalue weighted by Gasteiger charge is -2.15. The molecule has 0 saturated heterocycles. The van der Waals surface area contributed by atoms with Crippen LogP contribution in [0.25, 0.3) is 0 Å². The van der Waals surface area contributed by atoms with Crippen LogP contribution in [0, 0.1) is 18.3 Å². The fourth-order valence-corrected chi connectivity index (χ4v) is 3.21. The number of hydrogen-bond donors (Lipinski definition) is 1. The van der Waals surface area contributed by atoms with E-state index in [1.165, 1.54) is 47.8 Å². The average molecular weight is 294 g/mol. The Hall–Kier alpha value is -0.340. The van der Waals surface area contributed by atoms with E-state index in [4.69, 9.17) is 0 Å². The van der Waals surface area contributed by atoms with Crippen molar-refractivity contribution in [3.8, 4) is 0 Å². The number of rotatable bonds is 5. The molecule has 0 aliphatic heterocycles. The fraction of sp³-hybridized carbons (Fsp3) is 0.600. The van der Waals surface area contributed by atoms with Crippen LogP contribution in [0.4, 0.5) is 0 Å². The molecule has 3 rings (SSSR count). The molecule has 2 saturated carbocycles. The monoisotopic (exact) mass is 293 g/mol. The summed E-state index contributed by atoms with van der Waals surface area (Å²) in [5, 5.41) is 3.65. The van der Waals surface area contributed by atoms with Crippen molar-refractivity contribution in [2.45, 2.75) is 39.2 Å². The van der Waals surface area contributed by atoms with Gasteiger partial charge in [0.1, 0.15) is 0 Å². The Labute approximate surface area is 112 Å². The van der Waals surface area contributed by atoms with E-state index >= 15 is 0 Å². The van der Waals surface area contributed by atoms with Crippen molar-refractivity contribution in [2.75, 3.05) is 6.54 Å². The SMILES string of the molecule is Cc1ccc(CNCC2(C3CC3)CC2)cc1Br. The van der Waals surface area contributed by atoms with Crippen LogP contribution < -0.4 is 5.32 Å². The largest absolute Gasteiger partial charge is 0.312 e. The lowest BCUT2D eigenvalue weighted by Crippen LogP contribution is -2.25. The number of benzene rings is 1. The minimum absolute atomic E-state index is 0.710. The van der Waals surface area contributed by atoms with Crippen LogP contribution in [0.5, 0.6) is 0 Å². The Balaban J connectivity index is 1.52. The molecule has 2 fully saturated rings. The Morgan fingerprint density at radius 1 is 1.35 bits per heavy atom. The summed E-state index contributed by atoms with van der Waals surface area (Å²) in [5.74, 6) is 1.06. The quantitative estimate of drug-likeness (QED) is 0.864. The third-order valence-electron chi connectivity index (χ3n) is 4.38. The van der Waals surface area contributed by atoms with Gasteiger partial charge in [-0.3, -0.25) is 0 Å².